The molecule has 6 heteroatoms. The summed E-state index contributed by atoms with van der Waals surface area (Å²) in [5.74, 6) is 0. The molecule has 104 valence electrons. The summed E-state index contributed by atoms with van der Waals surface area (Å²) >= 11 is 0. The second-order valence-corrected chi connectivity index (χ2v) is 16.7. The number of hydrogen-bond donors (Lipinski definition) is 0. The molecular weight excluding hydrogens is 264 g/mol. The van der Waals surface area contributed by atoms with Crippen molar-refractivity contribution in [2.75, 3.05) is 13.2 Å². The monoisotopic (exact) mass is 294 g/mol. The fourth-order valence-corrected chi connectivity index (χ4v) is 13.4. The van der Waals surface area contributed by atoms with Gasteiger partial charge >= 0.3 is 8.56 Å². The zero-order valence-corrected chi connectivity index (χ0v) is 15.8. The molecule has 0 bridgehead atoms. The normalized spacial score (nSPS) is 16.2. The van der Waals surface area contributed by atoms with E-state index in [1.165, 1.54) is 0 Å². The van der Waals surface area contributed by atoms with Crippen molar-refractivity contribution < 1.29 is 13.0 Å². The van der Waals surface area contributed by atoms with Crippen molar-refractivity contribution in [2.45, 2.75) is 58.7 Å². The van der Waals surface area contributed by atoms with E-state index in [0.717, 1.165) is 25.7 Å². The quantitative estimate of drug-likeness (QED) is 0.482. The first-order chi connectivity index (χ1) is 7.68. The average molecular weight is 295 g/mol. The van der Waals surface area contributed by atoms with Crippen molar-refractivity contribution in [1.29, 1.82) is 0 Å². The Kier molecular flexibility index (Phi) is 8.10. The zero-order chi connectivity index (χ0) is 13.5. The fraction of sp³-hybridized carbons (Fsp3) is 1.00. The summed E-state index contributed by atoms with van der Waals surface area (Å²) in [5, 5.41) is 0. The van der Waals surface area contributed by atoms with Gasteiger partial charge < -0.3 is 13.0 Å². The van der Waals surface area contributed by atoms with Gasteiger partial charge in [-0.25, -0.2) is 0 Å². The van der Waals surface area contributed by atoms with E-state index in [0.29, 0.717) is 0 Å². The summed E-state index contributed by atoms with van der Waals surface area (Å²) in [5.41, 5.74) is 0. The molecule has 0 rings (SSSR count). The number of ether oxygens (including phenoxy) is 1. The van der Waals surface area contributed by atoms with Crippen LogP contribution < -0.4 is 0 Å². The third kappa shape index (κ3) is 10.2. The molecule has 0 aromatic heterocycles. The van der Waals surface area contributed by atoms with Crippen molar-refractivity contribution in [3.63, 3.8) is 0 Å². The molecule has 17 heavy (non-hydrogen) atoms. The maximum Gasteiger partial charge on any atom is 0.314 e. The van der Waals surface area contributed by atoms with Gasteiger partial charge in [0.25, 0.3) is 0 Å². The molecule has 0 heterocycles. The van der Waals surface area contributed by atoms with Crippen LogP contribution in [0.4, 0.5) is 0 Å². The fourth-order valence-electron chi connectivity index (χ4n) is 1.92. The third-order valence-corrected chi connectivity index (χ3v) is 11.4. The van der Waals surface area contributed by atoms with Gasteiger partial charge in [-0.2, -0.15) is 0 Å². The van der Waals surface area contributed by atoms with Gasteiger partial charge in [0.1, 0.15) is 0 Å². The van der Waals surface area contributed by atoms with Crippen LogP contribution in [-0.4, -0.2) is 39.1 Å². The van der Waals surface area contributed by atoms with Crippen molar-refractivity contribution in [1.82, 2.24) is 0 Å². The largest absolute Gasteiger partial charge is 0.439 e. The Labute approximate surface area is 111 Å². The minimum absolute atomic E-state index is 0.799. The molecule has 0 aliphatic rings. The minimum atomic E-state index is -1.95. The summed E-state index contributed by atoms with van der Waals surface area (Å²) in [6.45, 7) is 17.1. The first-order valence-electron chi connectivity index (χ1n) is 6.64. The van der Waals surface area contributed by atoms with Crippen molar-refractivity contribution in [3.05, 3.63) is 0 Å². The van der Waals surface area contributed by atoms with E-state index in [4.69, 9.17) is 13.0 Å². The van der Waals surface area contributed by atoms with Crippen molar-refractivity contribution >= 4 is 25.9 Å². The molecule has 0 saturated heterocycles. The van der Waals surface area contributed by atoms with E-state index < -0.39 is 25.9 Å². The summed E-state index contributed by atoms with van der Waals surface area (Å²) in [6, 6.07) is 1.06. The molecule has 0 radical (unpaired) electrons. The van der Waals surface area contributed by atoms with Crippen LogP contribution in [0.2, 0.25) is 45.3 Å². The number of rotatable bonds is 9. The van der Waals surface area contributed by atoms with Crippen LogP contribution in [0.1, 0.15) is 13.3 Å². The van der Waals surface area contributed by atoms with Crippen LogP contribution in [0.25, 0.3) is 0 Å². The maximum atomic E-state index is 6.35. The van der Waals surface area contributed by atoms with E-state index in [9.17, 15) is 0 Å². The van der Waals surface area contributed by atoms with Crippen molar-refractivity contribution in [2.24, 2.45) is 0 Å². The van der Waals surface area contributed by atoms with Gasteiger partial charge in [0.15, 0.2) is 17.4 Å². The summed E-state index contributed by atoms with van der Waals surface area (Å²) in [7, 11) is -4.49. The van der Waals surface area contributed by atoms with Crippen LogP contribution in [0, 0.1) is 0 Å². The highest BCUT2D eigenvalue weighted by molar-refractivity contribution is 6.84. The highest BCUT2D eigenvalue weighted by atomic mass is 28.5. The van der Waals surface area contributed by atoms with Gasteiger partial charge in [0.2, 0.25) is 0 Å². The smallest absolute Gasteiger partial charge is 0.314 e. The molecule has 3 nitrogen and oxygen atoms in total. The van der Waals surface area contributed by atoms with Gasteiger partial charge in [-0.1, -0.05) is 0 Å². The molecule has 0 aromatic carbocycles. The number of hydrogen-bond acceptors (Lipinski definition) is 3. The van der Waals surface area contributed by atoms with Crippen LogP contribution in [-0.2, 0) is 13.0 Å². The predicted molar refractivity (Wildman–Crippen MR) is 81.9 cm³/mol. The Bertz CT molecular complexity index is 207. The SMILES string of the molecule is CCOCCC[Si](C)(O[SiH](C)C)O[Si](C)(C)C. The standard InChI is InChI=1S/C11H30O3Si3/c1-8-12-10-9-11-17(7,13-15(2)3)14-16(4,5)6/h15H,8-11H2,1-7H3. The lowest BCUT2D eigenvalue weighted by molar-refractivity contribution is 0.146. The van der Waals surface area contributed by atoms with Gasteiger partial charge in [-0.05, 0) is 58.7 Å². The molecule has 0 N–H and O–H groups in total. The molecule has 1 atom stereocenters. The minimum Gasteiger partial charge on any atom is -0.439 e. The zero-order valence-electron chi connectivity index (χ0n) is 12.6. The van der Waals surface area contributed by atoms with E-state index in [1.807, 2.05) is 6.92 Å². The van der Waals surface area contributed by atoms with E-state index >= 15 is 0 Å². The molecule has 0 spiro atoms. The van der Waals surface area contributed by atoms with Crippen LogP contribution in [0.15, 0.2) is 0 Å². The lowest BCUT2D eigenvalue weighted by Gasteiger charge is -2.35. The molecule has 0 saturated carbocycles. The van der Waals surface area contributed by atoms with Crippen LogP contribution in [0.5, 0.6) is 0 Å². The highest BCUT2D eigenvalue weighted by Gasteiger charge is 2.36. The highest BCUT2D eigenvalue weighted by Crippen LogP contribution is 2.22. The molecule has 0 aromatic rings. The lowest BCUT2D eigenvalue weighted by Crippen LogP contribution is -2.49. The second-order valence-electron chi connectivity index (χ2n) is 5.82. The van der Waals surface area contributed by atoms with E-state index in [2.05, 4.69) is 39.3 Å². The van der Waals surface area contributed by atoms with Crippen molar-refractivity contribution in [3.8, 4) is 0 Å². The Morgan fingerprint density at radius 1 is 1.06 bits per heavy atom. The van der Waals surface area contributed by atoms with Gasteiger partial charge in [0, 0.05) is 13.2 Å². The first-order valence-corrected chi connectivity index (χ1v) is 15.4. The lowest BCUT2D eigenvalue weighted by atomic mass is 10.5. The topological polar surface area (TPSA) is 27.7 Å². The predicted octanol–water partition coefficient (Wildman–Crippen LogP) is 3.34. The average Bonchev–Trinajstić information content (AvgIpc) is 2.07. The summed E-state index contributed by atoms with van der Waals surface area (Å²) in [4.78, 5) is 0. The molecular formula is C11H30O3Si3. The molecule has 0 amide bonds. The molecule has 0 aliphatic carbocycles. The Balaban J connectivity index is 4.29. The first kappa shape index (κ1) is 17.5. The molecule has 1 unspecified atom stereocenters. The van der Waals surface area contributed by atoms with Crippen LogP contribution in [0.3, 0.4) is 0 Å². The van der Waals surface area contributed by atoms with E-state index in [1.54, 1.807) is 0 Å². The third-order valence-electron chi connectivity index (χ3n) is 2.13. The maximum absolute atomic E-state index is 6.35. The Morgan fingerprint density at radius 3 is 2.06 bits per heavy atom. The van der Waals surface area contributed by atoms with Gasteiger partial charge in [-0.3, -0.25) is 0 Å². The van der Waals surface area contributed by atoms with Gasteiger partial charge in [-0.15, -0.1) is 0 Å². The molecule has 0 fully saturated rings. The summed E-state index contributed by atoms with van der Waals surface area (Å²) in [6.07, 6.45) is 1.06. The Morgan fingerprint density at radius 2 is 1.65 bits per heavy atom. The van der Waals surface area contributed by atoms with E-state index in [-0.39, 0.29) is 0 Å². The Hall–Kier alpha value is 0.531. The van der Waals surface area contributed by atoms with Crippen LogP contribution >= 0.6 is 0 Å². The summed E-state index contributed by atoms with van der Waals surface area (Å²) < 4.78 is 18.0. The second kappa shape index (κ2) is 7.85. The van der Waals surface area contributed by atoms with Gasteiger partial charge in [0.05, 0.1) is 0 Å². The molecule has 0 aliphatic heterocycles.